The van der Waals surface area contributed by atoms with Crippen molar-refractivity contribution in [2.24, 2.45) is 5.73 Å². The normalized spacial score (nSPS) is 11.1. The number of rotatable bonds is 2. The van der Waals surface area contributed by atoms with Crippen LogP contribution in [0.2, 0.25) is 5.02 Å². The number of fused-ring (bicyclic) bond motifs is 1. The Bertz CT molecular complexity index is 462. The molecule has 2 N–H and O–H groups in total. The molecule has 0 unspecified atom stereocenters. The summed E-state index contributed by atoms with van der Waals surface area (Å²) < 4.78 is 1.95. The van der Waals surface area contributed by atoms with Gasteiger partial charge in [-0.05, 0) is 25.1 Å². The summed E-state index contributed by atoms with van der Waals surface area (Å²) in [6.45, 7) is 2.62. The Morgan fingerprint density at radius 1 is 1.50 bits per heavy atom. The molecule has 3 nitrogen and oxygen atoms in total. The molecule has 0 aliphatic rings. The summed E-state index contributed by atoms with van der Waals surface area (Å²) in [5.74, 6) is 0. The van der Waals surface area contributed by atoms with Crippen LogP contribution in [0.5, 0.6) is 0 Å². The number of nitrogens with two attached hydrogens (primary N) is 1. The molecule has 0 aliphatic carbocycles. The molecule has 0 saturated heterocycles. The van der Waals surface area contributed by atoms with E-state index in [0.29, 0.717) is 11.6 Å². The van der Waals surface area contributed by atoms with Gasteiger partial charge >= 0.3 is 0 Å². The van der Waals surface area contributed by atoms with Crippen molar-refractivity contribution >= 4 is 17.2 Å². The zero-order valence-electron chi connectivity index (χ0n) is 8.00. The average Bonchev–Trinajstić information content (AvgIpc) is 2.48. The van der Waals surface area contributed by atoms with Gasteiger partial charge in [0.15, 0.2) is 5.65 Å². The average molecular weight is 210 g/mol. The quantitative estimate of drug-likeness (QED) is 0.820. The zero-order valence-corrected chi connectivity index (χ0v) is 8.75. The highest BCUT2D eigenvalue weighted by molar-refractivity contribution is 6.33. The Morgan fingerprint density at radius 3 is 3.00 bits per heavy atom. The van der Waals surface area contributed by atoms with E-state index < -0.39 is 0 Å². The van der Waals surface area contributed by atoms with Crippen LogP contribution in [0.1, 0.15) is 11.3 Å². The summed E-state index contributed by atoms with van der Waals surface area (Å²) in [6.07, 6.45) is 4.77. The second-order valence-electron chi connectivity index (χ2n) is 3.37. The lowest BCUT2D eigenvalue weighted by Crippen LogP contribution is -2.02. The minimum absolute atomic E-state index is 0.612. The standard InChI is InChI=1S/C10H12ClN3/c1-7-4-9(11)10-13-8(2-3-12)6-14(10)5-7/h4-6H,2-3,12H2,1H3. The fourth-order valence-corrected chi connectivity index (χ4v) is 1.82. The van der Waals surface area contributed by atoms with Crippen molar-refractivity contribution in [3.05, 3.63) is 34.7 Å². The summed E-state index contributed by atoms with van der Waals surface area (Å²) in [4.78, 5) is 4.39. The molecule has 0 saturated carbocycles. The first kappa shape index (κ1) is 9.49. The molecule has 0 aliphatic heterocycles. The van der Waals surface area contributed by atoms with Gasteiger partial charge in [-0.25, -0.2) is 4.98 Å². The van der Waals surface area contributed by atoms with E-state index in [-0.39, 0.29) is 0 Å². The fraction of sp³-hybridized carbons (Fsp3) is 0.300. The van der Waals surface area contributed by atoms with Gasteiger partial charge in [0.25, 0.3) is 0 Å². The molecule has 0 radical (unpaired) electrons. The van der Waals surface area contributed by atoms with E-state index in [1.165, 1.54) is 0 Å². The van der Waals surface area contributed by atoms with Crippen molar-refractivity contribution in [2.75, 3.05) is 6.54 Å². The number of imidazole rings is 1. The first-order chi connectivity index (χ1) is 6.70. The monoisotopic (exact) mass is 209 g/mol. The Morgan fingerprint density at radius 2 is 2.29 bits per heavy atom. The lowest BCUT2D eigenvalue weighted by Gasteiger charge is -1.97. The van der Waals surface area contributed by atoms with Crippen LogP contribution in [0.3, 0.4) is 0 Å². The molecule has 0 bridgehead atoms. The number of hydrogen-bond acceptors (Lipinski definition) is 2. The third-order valence-corrected chi connectivity index (χ3v) is 2.37. The van der Waals surface area contributed by atoms with Crippen molar-refractivity contribution in [3.63, 3.8) is 0 Å². The highest BCUT2D eigenvalue weighted by Gasteiger charge is 2.04. The molecule has 2 aromatic rings. The first-order valence-electron chi connectivity index (χ1n) is 4.54. The van der Waals surface area contributed by atoms with Crippen molar-refractivity contribution in [1.29, 1.82) is 0 Å². The molecule has 74 valence electrons. The first-order valence-corrected chi connectivity index (χ1v) is 4.92. The van der Waals surface area contributed by atoms with Gasteiger partial charge in [0.2, 0.25) is 0 Å². The van der Waals surface area contributed by atoms with Crippen LogP contribution < -0.4 is 5.73 Å². The molecule has 0 spiro atoms. The topological polar surface area (TPSA) is 43.3 Å². The number of pyridine rings is 1. The summed E-state index contributed by atoms with van der Waals surface area (Å²) in [6, 6.07) is 1.91. The van der Waals surface area contributed by atoms with Gasteiger partial charge in [0.05, 0.1) is 10.7 Å². The third kappa shape index (κ3) is 1.61. The maximum atomic E-state index is 6.06. The molecule has 2 aromatic heterocycles. The van der Waals surface area contributed by atoms with E-state index in [1.54, 1.807) is 0 Å². The van der Waals surface area contributed by atoms with Crippen molar-refractivity contribution in [2.45, 2.75) is 13.3 Å². The van der Waals surface area contributed by atoms with Crippen LogP contribution in [0.25, 0.3) is 5.65 Å². The third-order valence-electron chi connectivity index (χ3n) is 2.09. The fourth-order valence-electron chi connectivity index (χ4n) is 1.51. The van der Waals surface area contributed by atoms with Crippen molar-refractivity contribution in [3.8, 4) is 0 Å². The summed E-state index contributed by atoms with van der Waals surface area (Å²) in [5, 5.41) is 0.688. The van der Waals surface area contributed by atoms with Gasteiger partial charge in [0, 0.05) is 18.8 Å². The molecule has 2 heterocycles. The molecule has 0 aromatic carbocycles. The van der Waals surface area contributed by atoms with E-state index in [0.717, 1.165) is 23.3 Å². The molecular formula is C10H12ClN3. The molecular weight excluding hydrogens is 198 g/mol. The van der Waals surface area contributed by atoms with E-state index in [2.05, 4.69) is 4.98 Å². The lowest BCUT2D eigenvalue weighted by molar-refractivity contribution is 0.937. The van der Waals surface area contributed by atoms with Crippen LogP contribution in [0.15, 0.2) is 18.5 Å². The molecule has 14 heavy (non-hydrogen) atoms. The highest BCUT2D eigenvalue weighted by Crippen LogP contribution is 2.18. The SMILES string of the molecule is Cc1cc(Cl)c2nc(CCN)cn2c1. The second-order valence-corrected chi connectivity index (χ2v) is 3.77. The number of nitrogens with zero attached hydrogens (tertiary/aromatic N) is 2. The van der Waals surface area contributed by atoms with Crippen LogP contribution in [-0.4, -0.2) is 15.9 Å². The van der Waals surface area contributed by atoms with E-state index >= 15 is 0 Å². The largest absolute Gasteiger partial charge is 0.330 e. The van der Waals surface area contributed by atoms with Crippen molar-refractivity contribution in [1.82, 2.24) is 9.38 Å². The van der Waals surface area contributed by atoms with Gasteiger partial charge in [-0.2, -0.15) is 0 Å². The minimum atomic E-state index is 0.612. The number of aryl methyl sites for hydroxylation is 1. The van der Waals surface area contributed by atoms with Crippen LogP contribution in [-0.2, 0) is 6.42 Å². The smallest absolute Gasteiger partial charge is 0.155 e. The van der Waals surface area contributed by atoms with E-state index in [9.17, 15) is 0 Å². The lowest BCUT2D eigenvalue weighted by atomic mass is 10.3. The maximum Gasteiger partial charge on any atom is 0.155 e. The van der Waals surface area contributed by atoms with E-state index in [4.69, 9.17) is 17.3 Å². The second kappa shape index (κ2) is 3.59. The van der Waals surface area contributed by atoms with Gasteiger partial charge in [-0.15, -0.1) is 0 Å². The zero-order chi connectivity index (χ0) is 10.1. The number of aromatic nitrogens is 2. The van der Waals surface area contributed by atoms with Crippen molar-refractivity contribution < 1.29 is 0 Å². The minimum Gasteiger partial charge on any atom is -0.330 e. The Kier molecular flexibility index (Phi) is 2.44. The number of halogens is 1. The molecule has 0 fully saturated rings. The van der Waals surface area contributed by atoms with E-state index in [1.807, 2.05) is 29.8 Å². The van der Waals surface area contributed by atoms with Gasteiger partial charge < -0.3 is 10.1 Å². The van der Waals surface area contributed by atoms with Gasteiger partial charge in [-0.3, -0.25) is 0 Å². The predicted octanol–water partition coefficient (Wildman–Crippen LogP) is 1.80. The summed E-state index contributed by atoms with van der Waals surface area (Å²) in [5.41, 5.74) is 8.38. The Balaban J connectivity index is 2.58. The predicted molar refractivity (Wildman–Crippen MR) is 57.7 cm³/mol. The molecule has 0 amide bonds. The van der Waals surface area contributed by atoms with Crippen LogP contribution >= 0.6 is 11.6 Å². The maximum absolute atomic E-state index is 6.06. The molecule has 0 atom stereocenters. The summed E-state index contributed by atoms with van der Waals surface area (Å²) >= 11 is 6.06. The Labute approximate surface area is 87.5 Å². The molecule has 4 heteroatoms. The van der Waals surface area contributed by atoms with Gasteiger partial charge in [-0.1, -0.05) is 11.6 Å². The number of hydrogen-bond donors (Lipinski definition) is 1. The molecule has 2 rings (SSSR count). The summed E-state index contributed by atoms with van der Waals surface area (Å²) in [7, 11) is 0. The highest BCUT2D eigenvalue weighted by atomic mass is 35.5. The Hall–Kier alpha value is -1.06. The van der Waals surface area contributed by atoms with Crippen LogP contribution in [0.4, 0.5) is 0 Å². The van der Waals surface area contributed by atoms with Gasteiger partial charge in [0.1, 0.15) is 0 Å². The van der Waals surface area contributed by atoms with Crippen LogP contribution in [0, 0.1) is 6.92 Å².